The molecule has 0 aliphatic carbocycles. The first-order chi connectivity index (χ1) is 11.3. The second kappa shape index (κ2) is 9.39. The quantitative estimate of drug-likeness (QED) is 0.617. The number of rotatable bonds is 10. The highest BCUT2D eigenvalue weighted by Gasteiger charge is 2.25. The van der Waals surface area contributed by atoms with Crippen molar-refractivity contribution in [1.29, 1.82) is 0 Å². The van der Waals surface area contributed by atoms with Crippen LogP contribution in [0.1, 0.15) is 38.7 Å². The van der Waals surface area contributed by atoms with Crippen molar-refractivity contribution in [2.24, 2.45) is 0 Å². The first-order valence-corrected chi connectivity index (χ1v) is 9.28. The summed E-state index contributed by atoms with van der Waals surface area (Å²) in [7, 11) is -3.99. The topological polar surface area (TPSA) is 110 Å². The molecule has 0 spiro atoms. The Morgan fingerprint density at radius 3 is 2.58 bits per heavy atom. The molecule has 0 bridgehead atoms. The maximum Gasteiger partial charge on any atom is 0.321 e. The monoisotopic (exact) mass is 357 g/mol. The highest BCUT2D eigenvalue weighted by Crippen LogP contribution is 2.14. The Morgan fingerprint density at radius 1 is 1.29 bits per heavy atom. The molecule has 0 saturated heterocycles. The molecule has 24 heavy (non-hydrogen) atoms. The summed E-state index contributed by atoms with van der Waals surface area (Å²) in [6.45, 7) is 3.83. The lowest BCUT2D eigenvalue weighted by molar-refractivity contribution is -0.142. The molecule has 1 atom stereocenters. The van der Waals surface area contributed by atoms with Crippen molar-refractivity contribution in [3.63, 3.8) is 0 Å². The average Bonchev–Trinajstić information content (AvgIpc) is 2.51. The molecular formula is C16H23NO6S. The van der Waals surface area contributed by atoms with Gasteiger partial charge < -0.3 is 9.84 Å². The Hall–Kier alpha value is -1.93. The fourth-order valence-corrected chi connectivity index (χ4v) is 3.39. The second-order valence-electron chi connectivity index (χ2n) is 5.28. The Balaban J connectivity index is 2.93. The van der Waals surface area contributed by atoms with Crippen LogP contribution in [0.4, 0.5) is 0 Å². The maximum atomic E-state index is 12.4. The number of hydrogen-bond donors (Lipinski definition) is 2. The largest absolute Gasteiger partial charge is 0.480 e. The molecule has 1 rings (SSSR count). The van der Waals surface area contributed by atoms with E-state index >= 15 is 0 Å². The van der Waals surface area contributed by atoms with Crippen molar-refractivity contribution in [3.8, 4) is 0 Å². The third-order valence-electron chi connectivity index (χ3n) is 3.30. The number of esters is 1. The maximum absolute atomic E-state index is 12.4. The van der Waals surface area contributed by atoms with E-state index in [-0.39, 0.29) is 24.3 Å². The van der Waals surface area contributed by atoms with Gasteiger partial charge in [0.05, 0.1) is 17.9 Å². The van der Waals surface area contributed by atoms with Gasteiger partial charge in [0.1, 0.15) is 6.04 Å². The van der Waals surface area contributed by atoms with Gasteiger partial charge in [-0.2, -0.15) is 4.72 Å². The van der Waals surface area contributed by atoms with Crippen LogP contribution < -0.4 is 4.72 Å². The molecule has 0 aliphatic rings. The van der Waals surface area contributed by atoms with Crippen molar-refractivity contribution in [1.82, 2.24) is 4.72 Å². The SMILES string of the molecule is CCCC[C@H](NS(=O)(=O)c1cccc(CC(=O)OCC)c1)C(=O)O. The minimum atomic E-state index is -3.99. The Morgan fingerprint density at radius 2 is 2.00 bits per heavy atom. The molecule has 2 N–H and O–H groups in total. The lowest BCUT2D eigenvalue weighted by Gasteiger charge is -2.15. The predicted octanol–water partition coefficient (Wildman–Crippen LogP) is 1.71. The molecule has 7 nitrogen and oxygen atoms in total. The lowest BCUT2D eigenvalue weighted by atomic mass is 10.1. The first kappa shape index (κ1) is 20.1. The lowest BCUT2D eigenvalue weighted by Crippen LogP contribution is -2.40. The van der Waals surface area contributed by atoms with E-state index in [1.165, 1.54) is 18.2 Å². The van der Waals surface area contributed by atoms with E-state index in [9.17, 15) is 18.0 Å². The van der Waals surface area contributed by atoms with Gasteiger partial charge in [-0.3, -0.25) is 9.59 Å². The highest BCUT2D eigenvalue weighted by molar-refractivity contribution is 7.89. The number of ether oxygens (including phenoxy) is 1. The number of carbonyl (C=O) groups is 2. The number of aliphatic carboxylic acids is 1. The van der Waals surface area contributed by atoms with Gasteiger partial charge in [-0.15, -0.1) is 0 Å². The van der Waals surface area contributed by atoms with E-state index in [0.29, 0.717) is 12.0 Å². The minimum Gasteiger partial charge on any atom is -0.480 e. The van der Waals surface area contributed by atoms with Crippen LogP contribution in [-0.4, -0.2) is 38.1 Å². The van der Waals surface area contributed by atoms with Crippen LogP contribution in [0.5, 0.6) is 0 Å². The molecule has 0 aromatic heterocycles. The van der Waals surface area contributed by atoms with E-state index in [4.69, 9.17) is 9.84 Å². The fraction of sp³-hybridized carbons (Fsp3) is 0.500. The smallest absolute Gasteiger partial charge is 0.321 e. The van der Waals surface area contributed by atoms with Gasteiger partial charge in [0, 0.05) is 0 Å². The van der Waals surface area contributed by atoms with E-state index in [1.54, 1.807) is 13.0 Å². The number of carboxylic acids is 1. The molecule has 0 saturated carbocycles. The van der Waals surface area contributed by atoms with Crippen LogP contribution in [0.25, 0.3) is 0 Å². The number of benzene rings is 1. The van der Waals surface area contributed by atoms with Crippen LogP contribution in [0.15, 0.2) is 29.2 Å². The van der Waals surface area contributed by atoms with Crippen LogP contribution in [0.3, 0.4) is 0 Å². The number of sulfonamides is 1. The zero-order valence-electron chi connectivity index (χ0n) is 13.8. The van der Waals surface area contributed by atoms with Crippen molar-refractivity contribution in [2.75, 3.05) is 6.61 Å². The highest BCUT2D eigenvalue weighted by atomic mass is 32.2. The van der Waals surface area contributed by atoms with E-state index in [1.807, 2.05) is 6.92 Å². The molecule has 0 aliphatic heterocycles. The van der Waals surface area contributed by atoms with Gasteiger partial charge in [0.2, 0.25) is 10.0 Å². The molecule has 1 aromatic carbocycles. The number of carboxylic acid groups (broad SMARTS) is 1. The molecule has 0 amide bonds. The van der Waals surface area contributed by atoms with Gasteiger partial charge in [-0.25, -0.2) is 8.42 Å². The summed E-state index contributed by atoms with van der Waals surface area (Å²) in [6.07, 6.45) is 1.53. The van der Waals surface area contributed by atoms with E-state index in [2.05, 4.69) is 4.72 Å². The zero-order valence-corrected chi connectivity index (χ0v) is 14.6. The molecule has 1 aromatic rings. The summed E-state index contributed by atoms with van der Waals surface area (Å²) in [5, 5.41) is 9.15. The van der Waals surface area contributed by atoms with Crippen LogP contribution in [0, 0.1) is 0 Å². The molecular weight excluding hydrogens is 334 g/mol. The van der Waals surface area contributed by atoms with Crippen LogP contribution >= 0.6 is 0 Å². The number of carbonyl (C=O) groups excluding carboxylic acids is 1. The summed E-state index contributed by atoms with van der Waals surface area (Å²) in [5.41, 5.74) is 0.483. The van der Waals surface area contributed by atoms with Crippen molar-refractivity contribution >= 4 is 22.0 Å². The summed E-state index contributed by atoms with van der Waals surface area (Å²) in [6, 6.07) is 4.64. The normalized spacial score (nSPS) is 12.6. The Kier molecular flexibility index (Phi) is 7.87. The predicted molar refractivity (Wildman–Crippen MR) is 88.0 cm³/mol. The standard InChI is InChI=1S/C16H23NO6S/c1-3-5-9-14(16(19)20)17-24(21,22)13-8-6-7-12(10-13)11-15(18)23-4-2/h6-8,10,14,17H,3-5,9,11H2,1-2H3,(H,19,20)/t14-/m0/s1. The second-order valence-corrected chi connectivity index (χ2v) is 7.00. The Bertz CT molecular complexity index is 671. The molecule has 134 valence electrons. The molecule has 0 heterocycles. The number of hydrogen-bond acceptors (Lipinski definition) is 5. The number of unbranched alkanes of at least 4 members (excludes halogenated alkanes) is 1. The third-order valence-corrected chi connectivity index (χ3v) is 4.77. The molecule has 0 fully saturated rings. The van der Waals surface area contributed by atoms with Gasteiger partial charge >= 0.3 is 11.9 Å². The first-order valence-electron chi connectivity index (χ1n) is 7.79. The van der Waals surface area contributed by atoms with Crippen LogP contribution in [0.2, 0.25) is 0 Å². The summed E-state index contributed by atoms with van der Waals surface area (Å²) >= 11 is 0. The minimum absolute atomic E-state index is 0.0462. The van der Waals surface area contributed by atoms with Gasteiger partial charge in [-0.05, 0) is 31.0 Å². The summed E-state index contributed by atoms with van der Waals surface area (Å²) < 4.78 is 31.8. The third kappa shape index (κ3) is 6.29. The molecule has 0 unspecified atom stereocenters. The number of nitrogens with one attached hydrogen (secondary N) is 1. The van der Waals surface area contributed by atoms with Gasteiger partial charge in [-0.1, -0.05) is 31.9 Å². The van der Waals surface area contributed by atoms with Crippen LogP contribution in [-0.2, 0) is 30.8 Å². The summed E-state index contributed by atoms with van der Waals surface area (Å²) in [5.74, 6) is -1.67. The van der Waals surface area contributed by atoms with Gasteiger partial charge in [0.15, 0.2) is 0 Å². The van der Waals surface area contributed by atoms with Crippen molar-refractivity contribution in [3.05, 3.63) is 29.8 Å². The average molecular weight is 357 g/mol. The molecule has 8 heteroatoms. The van der Waals surface area contributed by atoms with Gasteiger partial charge in [0.25, 0.3) is 0 Å². The summed E-state index contributed by atoms with van der Waals surface area (Å²) in [4.78, 5) is 22.6. The van der Waals surface area contributed by atoms with Crippen molar-refractivity contribution < 1.29 is 27.9 Å². The van der Waals surface area contributed by atoms with Crippen molar-refractivity contribution in [2.45, 2.75) is 50.5 Å². The molecule has 0 radical (unpaired) electrons. The Labute approximate surface area is 142 Å². The van der Waals surface area contributed by atoms with E-state index in [0.717, 1.165) is 6.42 Å². The van der Waals surface area contributed by atoms with E-state index < -0.39 is 28.0 Å². The zero-order chi connectivity index (χ0) is 18.2. The fourth-order valence-electron chi connectivity index (χ4n) is 2.10.